The molecule has 0 saturated heterocycles. The fourth-order valence-corrected chi connectivity index (χ4v) is 4.26. The zero-order chi connectivity index (χ0) is 23.7. The first-order valence-corrected chi connectivity index (χ1v) is 11.3. The Morgan fingerprint density at radius 2 is 1.53 bits per heavy atom. The summed E-state index contributed by atoms with van der Waals surface area (Å²) in [5.41, 5.74) is 2.20. The smallest absolute Gasteiger partial charge is 0.282 e. The Morgan fingerprint density at radius 3 is 2.32 bits per heavy atom. The third kappa shape index (κ3) is 3.80. The normalized spacial score (nSPS) is 13.6. The van der Waals surface area contributed by atoms with Gasteiger partial charge in [0.2, 0.25) is 0 Å². The Labute approximate surface area is 202 Å². The van der Waals surface area contributed by atoms with Gasteiger partial charge in [0.05, 0.1) is 23.6 Å². The van der Waals surface area contributed by atoms with Crippen LogP contribution in [0.1, 0.15) is 12.5 Å². The van der Waals surface area contributed by atoms with Crippen molar-refractivity contribution in [2.24, 2.45) is 0 Å². The van der Waals surface area contributed by atoms with E-state index in [0.717, 1.165) is 10.8 Å². The predicted molar refractivity (Wildman–Crippen MR) is 136 cm³/mol. The fraction of sp³-hybridized carbons (Fsp3) is 0.0714. The molecule has 0 saturated carbocycles. The molecule has 0 bridgehead atoms. The Balaban J connectivity index is 1.66. The van der Waals surface area contributed by atoms with Gasteiger partial charge in [0, 0.05) is 10.4 Å². The van der Waals surface area contributed by atoms with Crippen molar-refractivity contribution in [2.45, 2.75) is 6.92 Å². The number of carbonyl (C=O) groups excluding carboxylic acids is 2. The first-order valence-electron chi connectivity index (χ1n) is 10.9. The third-order valence-corrected chi connectivity index (χ3v) is 5.92. The number of rotatable bonds is 6. The van der Waals surface area contributed by atoms with Crippen molar-refractivity contribution in [3.63, 3.8) is 0 Å². The van der Waals surface area contributed by atoms with Crippen LogP contribution in [-0.4, -0.2) is 18.4 Å². The summed E-state index contributed by atoms with van der Waals surface area (Å²) >= 11 is 6.08. The van der Waals surface area contributed by atoms with E-state index in [4.69, 9.17) is 16.3 Å². The third-order valence-electron chi connectivity index (χ3n) is 5.67. The zero-order valence-corrected chi connectivity index (χ0v) is 19.2. The highest BCUT2D eigenvalue weighted by Crippen LogP contribution is 2.38. The van der Waals surface area contributed by atoms with Crippen molar-refractivity contribution in [1.29, 1.82) is 0 Å². The number of fused-ring (bicyclic) bond motifs is 1. The Hall–Kier alpha value is -4.09. The van der Waals surface area contributed by atoms with E-state index >= 15 is 0 Å². The molecule has 168 valence electrons. The minimum absolute atomic E-state index is 0.187. The van der Waals surface area contributed by atoms with Gasteiger partial charge >= 0.3 is 0 Å². The highest BCUT2D eigenvalue weighted by atomic mass is 35.5. The number of para-hydroxylation sites is 2. The number of nitrogens with one attached hydrogen (secondary N) is 1. The summed E-state index contributed by atoms with van der Waals surface area (Å²) in [6.07, 6.45) is 0. The minimum atomic E-state index is -0.433. The lowest BCUT2D eigenvalue weighted by atomic mass is 10.0. The maximum absolute atomic E-state index is 13.8. The highest BCUT2D eigenvalue weighted by molar-refractivity contribution is 6.47. The van der Waals surface area contributed by atoms with Crippen LogP contribution in [0.15, 0.2) is 96.7 Å². The van der Waals surface area contributed by atoms with Crippen molar-refractivity contribution >= 4 is 51.1 Å². The van der Waals surface area contributed by atoms with Gasteiger partial charge in [-0.2, -0.15) is 0 Å². The molecule has 6 heteroatoms. The van der Waals surface area contributed by atoms with Crippen LogP contribution in [0.2, 0.25) is 5.02 Å². The SMILES string of the molecule is CCOc1ccccc1NC1=C(c2ccc(Cl)cc2)C(=O)N(c2cccc3ccccc23)C1=O. The van der Waals surface area contributed by atoms with Gasteiger partial charge in [-0.15, -0.1) is 0 Å². The number of imide groups is 1. The van der Waals surface area contributed by atoms with Gasteiger partial charge in [-0.05, 0) is 48.2 Å². The predicted octanol–water partition coefficient (Wildman–Crippen LogP) is 6.29. The van der Waals surface area contributed by atoms with Gasteiger partial charge in [-0.25, -0.2) is 4.90 Å². The van der Waals surface area contributed by atoms with Gasteiger partial charge < -0.3 is 10.1 Å². The monoisotopic (exact) mass is 468 g/mol. The number of hydrogen-bond donors (Lipinski definition) is 1. The first-order chi connectivity index (χ1) is 16.6. The van der Waals surface area contributed by atoms with Gasteiger partial charge in [-0.3, -0.25) is 9.59 Å². The Morgan fingerprint density at radius 1 is 0.824 bits per heavy atom. The van der Waals surface area contributed by atoms with Gasteiger partial charge in [-0.1, -0.05) is 72.3 Å². The summed E-state index contributed by atoms with van der Waals surface area (Å²) in [4.78, 5) is 28.8. The molecule has 0 aromatic heterocycles. The molecule has 2 amide bonds. The number of ether oxygens (including phenoxy) is 1. The number of carbonyl (C=O) groups is 2. The second-order valence-electron chi connectivity index (χ2n) is 7.76. The fourth-order valence-electron chi connectivity index (χ4n) is 4.14. The van der Waals surface area contributed by atoms with E-state index in [0.29, 0.717) is 34.3 Å². The molecular weight excluding hydrogens is 448 g/mol. The number of benzene rings is 4. The van der Waals surface area contributed by atoms with E-state index in [1.165, 1.54) is 4.90 Å². The largest absolute Gasteiger partial charge is 0.492 e. The van der Waals surface area contributed by atoms with Crippen LogP contribution in [0.5, 0.6) is 5.75 Å². The van der Waals surface area contributed by atoms with Crippen LogP contribution in [0, 0.1) is 0 Å². The lowest BCUT2D eigenvalue weighted by Crippen LogP contribution is -2.32. The van der Waals surface area contributed by atoms with Crippen molar-refractivity contribution in [3.8, 4) is 5.75 Å². The van der Waals surface area contributed by atoms with Crippen LogP contribution in [0.4, 0.5) is 11.4 Å². The summed E-state index contributed by atoms with van der Waals surface area (Å²) in [7, 11) is 0. The second-order valence-corrected chi connectivity index (χ2v) is 8.19. The van der Waals surface area contributed by atoms with Crippen molar-refractivity contribution in [3.05, 3.63) is 107 Å². The minimum Gasteiger partial charge on any atom is -0.492 e. The van der Waals surface area contributed by atoms with E-state index in [9.17, 15) is 9.59 Å². The molecule has 1 N–H and O–H groups in total. The average molecular weight is 469 g/mol. The zero-order valence-electron chi connectivity index (χ0n) is 18.4. The van der Waals surface area contributed by atoms with Crippen LogP contribution in [-0.2, 0) is 9.59 Å². The second kappa shape index (κ2) is 9.04. The van der Waals surface area contributed by atoms with Crippen molar-refractivity contribution in [2.75, 3.05) is 16.8 Å². The molecule has 0 spiro atoms. The lowest BCUT2D eigenvalue weighted by Gasteiger charge is -2.18. The maximum atomic E-state index is 13.8. The Kier molecular flexibility index (Phi) is 5.78. The van der Waals surface area contributed by atoms with Crippen LogP contribution >= 0.6 is 11.6 Å². The lowest BCUT2D eigenvalue weighted by molar-refractivity contribution is -0.120. The first kappa shape index (κ1) is 21.7. The molecule has 5 nitrogen and oxygen atoms in total. The molecule has 0 radical (unpaired) electrons. The van der Waals surface area contributed by atoms with Crippen molar-refractivity contribution in [1.82, 2.24) is 0 Å². The van der Waals surface area contributed by atoms with Crippen LogP contribution in [0.3, 0.4) is 0 Å². The van der Waals surface area contributed by atoms with E-state index in [1.807, 2.05) is 67.6 Å². The summed E-state index contributed by atoms with van der Waals surface area (Å²) < 4.78 is 5.72. The van der Waals surface area contributed by atoms with E-state index < -0.39 is 11.8 Å². The molecule has 1 aliphatic rings. The molecule has 4 aromatic rings. The topological polar surface area (TPSA) is 58.6 Å². The van der Waals surface area contributed by atoms with Gasteiger partial charge in [0.25, 0.3) is 11.8 Å². The molecular formula is C28H21ClN2O3. The highest BCUT2D eigenvalue weighted by Gasteiger charge is 2.41. The van der Waals surface area contributed by atoms with Crippen LogP contribution < -0.4 is 15.0 Å². The van der Waals surface area contributed by atoms with Gasteiger partial charge in [0.15, 0.2) is 0 Å². The molecule has 1 heterocycles. The van der Waals surface area contributed by atoms with E-state index in [2.05, 4.69) is 5.32 Å². The van der Waals surface area contributed by atoms with Crippen molar-refractivity contribution < 1.29 is 14.3 Å². The summed E-state index contributed by atoms with van der Waals surface area (Å²) in [6.45, 7) is 2.36. The molecule has 0 aliphatic carbocycles. The molecule has 0 unspecified atom stereocenters. The number of halogens is 1. The maximum Gasteiger partial charge on any atom is 0.282 e. The summed E-state index contributed by atoms with van der Waals surface area (Å²) in [5.74, 6) is -0.241. The van der Waals surface area contributed by atoms with E-state index in [1.54, 1.807) is 30.3 Å². The number of nitrogens with zero attached hydrogens (tertiary/aromatic N) is 1. The number of hydrogen-bond acceptors (Lipinski definition) is 4. The molecule has 4 aromatic carbocycles. The summed E-state index contributed by atoms with van der Waals surface area (Å²) in [5, 5.41) is 5.50. The number of amides is 2. The molecule has 0 atom stereocenters. The van der Waals surface area contributed by atoms with Gasteiger partial charge in [0.1, 0.15) is 11.4 Å². The quantitative estimate of drug-likeness (QED) is 0.338. The molecule has 34 heavy (non-hydrogen) atoms. The molecule has 1 aliphatic heterocycles. The molecule has 5 rings (SSSR count). The molecule has 0 fully saturated rings. The Bertz CT molecular complexity index is 1440. The van der Waals surface area contributed by atoms with Crippen LogP contribution in [0.25, 0.3) is 16.3 Å². The summed E-state index contributed by atoms with van der Waals surface area (Å²) in [6, 6.07) is 27.5. The number of anilines is 2. The van der Waals surface area contributed by atoms with E-state index in [-0.39, 0.29) is 11.3 Å². The average Bonchev–Trinajstić information content (AvgIpc) is 3.10. The standard InChI is InChI=1S/C28H21ClN2O3/c1-2-34-24-13-6-5-11-22(24)30-26-25(19-14-16-20(29)17-15-19)27(32)31(28(26)33)23-12-7-9-18-8-3-4-10-21(18)23/h3-17,30H,2H2,1H3.